The van der Waals surface area contributed by atoms with Crippen LogP contribution in [0, 0.1) is 0 Å². The van der Waals surface area contributed by atoms with E-state index in [1.54, 1.807) is 0 Å². The molecule has 2 amide bonds. The Hall–Kier alpha value is -2.10. The molecule has 0 aliphatic carbocycles. The van der Waals surface area contributed by atoms with Crippen LogP contribution in [0.15, 0.2) is 17.2 Å². The molecule has 2 heterocycles. The Morgan fingerprint density at radius 2 is 2.22 bits per heavy atom. The van der Waals surface area contributed by atoms with Crippen LogP contribution in [0.2, 0.25) is 0 Å². The second-order valence-corrected chi connectivity index (χ2v) is 5.44. The summed E-state index contributed by atoms with van der Waals surface area (Å²) in [6.07, 6.45) is -1.72. The summed E-state index contributed by atoms with van der Waals surface area (Å²) >= 11 is 0. The number of aryl methyl sites for hydroxylation is 1. The fourth-order valence-corrected chi connectivity index (χ4v) is 2.47. The Kier molecular flexibility index (Phi) is 5.24. The van der Waals surface area contributed by atoms with E-state index in [0.717, 1.165) is 6.07 Å². The molecule has 0 spiro atoms. The summed E-state index contributed by atoms with van der Waals surface area (Å²) < 4.78 is 38.6. The number of carbonyl (C=O) groups is 1. The van der Waals surface area contributed by atoms with Crippen molar-refractivity contribution in [2.24, 2.45) is 7.05 Å². The Balaban J connectivity index is 1.83. The zero-order valence-electron chi connectivity index (χ0n) is 12.6. The molecule has 1 aromatic heterocycles. The van der Waals surface area contributed by atoms with Crippen LogP contribution in [0.3, 0.4) is 0 Å². The first-order valence-electron chi connectivity index (χ1n) is 7.13. The minimum absolute atomic E-state index is 0.0872. The molecule has 1 fully saturated rings. The highest BCUT2D eigenvalue weighted by molar-refractivity contribution is 5.88. The molecule has 10 heteroatoms. The summed E-state index contributed by atoms with van der Waals surface area (Å²) in [6.45, 7) is -0.506. The van der Waals surface area contributed by atoms with Crippen LogP contribution in [0.25, 0.3) is 0 Å². The van der Waals surface area contributed by atoms with E-state index < -0.39 is 18.8 Å². The average Bonchev–Trinajstić information content (AvgIpc) is 2.86. The molecule has 7 nitrogen and oxygen atoms in total. The SMILES string of the molecule is Cn1cnc(NC(=O)NCC2CCCN2CC(F)(F)F)cc1=O. The lowest BCUT2D eigenvalue weighted by molar-refractivity contribution is -0.147. The van der Waals surface area contributed by atoms with E-state index in [0.29, 0.717) is 19.4 Å². The largest absolute Gasteiger partial charge is 0.401 e. The van der Waals surface area contributed by atoms with Gasteiger partial charge >= 0.3 is 12.2 Å². The molecule has 0 radical (unpaired) electrons. The second-order valence-electron chi connectivity index (χ2n) is 5.44. The number of amides is 2. The molecule has 23 heavy (non-hydrogen) atoms. The Bertz CT molecular complexity index is 616. The predicted molar refractivity (Wildman–Crippen MR) is 77.1 cm³/mol. The first-order chi connectivity index (χ1) is 10.7. The molecule has 1 aliphatic heterocycles. The predicted octanol–water partition coefficient (Wildman–Crippen LogP) is 0.928. The van der Waals surface area contributed by atoms with Gasteiger partial charge in [0, 0.05) is 25.7 Å². The highest BCUT2D eigenvalue weighted by Gasteiger charge is 2.36. The van der Waals surface area contributed by atoms with E-state index in [2.05, 4.69) is 15.6 Å². The van der Waals surface area contributed by atoms with Gasteiger partial charge in [0.2, 0.25) is 0 Å². The fourth-order valence-electron chi connectivity index (χ4n) is 2.47. The van der Waals surface area contributed by atoms with Crippen LogP contribution in [0.4, 0.5) is 23.8 Å². The van der Waals surface area contributed by atoms with Crippen LogP contribution < -0.4 is 16.2 Å². The molecule has 1 saturated heterocycles. The van der Waals surface area contributed by atoms with Gasteiger partial charge in [-0.2, -0.15) is 13.2 Å². The van der Waals surface area contributed by atoms with Crippen molar-refractivity contribution in [3.05, 3.63) is 22.7 Å². The summed E-state index contributed by atoms with van der Waals surface area (Å²) in [6, 6.07) is 0.203. The van der Waals surface area contributed by atoms with Crippen molar-refractivity contribution in [3.63, 3.8) is 0 Å². The van der Waals surface area contributed by atoms with Gasteiger partial charge in [0.05, 0.1) is 12.9 Å². The summed E-state index contributed by atoms with van der Waals surface area (Å²) in [4.78, 5) is 28.3. The lowest BCUT2D eigenvalue weighted by Crippen LogP contribution is -2.45. The number of nitrogens with zero attached hydrogens (tertiary/aromatic N) is 3. The van der Waals surface area contributed by atoms with Gasteiger partial charge in [0.15, 0.2) is 0 Å². The number of hydrogen-bond acceptors (Lipinski definition) is 4. The number of aromatic nitrogens is 2. The summed E-state index contributed by atoms with van der Waals surface area (Å²) in [7, 11) is 1.52. The van der Waals surface area contributed by atoms with Gasteiger partial charge in [-0.15, -0.1) is 0 Å². The Morgan fingerprint density at radius 3 is 2.87 bits per heavy atom. The van der Waals surface area contributed by atoms with Gasteiger partial charge in [0.25, 0.3) is 5.56 Å². The quantitative estimate of drug-likeness (QED) is 0.859. The Morgan fingerprint density at radius 1 is 1.48 bits per heavy atom. The van der Waals surface area contributed by atoms with Gasteiger partial charge in [0.1, 0.15) is 5.82 Å². The van der Waals surface area contributed by atoms with E-state index in [1.165, 1.54) is 22.8 Å². The third-order valence-corrected chi connectivity index (χ3v) is 3.60. The van der Waals surface area contributed by atoms with Gasteiger partial charge in [-0.3, -0.25) is 15.0 Å². The van der Waals surface area contributed by atoms with Crippen LogP contribution in [-0.4, -0.2) is 52.3 Å². The summed E-state index contributed by atoms with van der Waals surface area (Å²) in [5, 5.41) is 4.90. The van der Waals surface area contributed by atoms with Crippen LogP contribution >= 0.6 is 0 Å². The number of nitrogens with one attached hydrogen (secondary N) is 2. The maximum atomic E-state index is 12.5. The molecular weight excluding hydrogens is 315 g/mol. The van der Waals surface area contributed by atoms with Crippen molar-refractivity contribution >= 4 is 11.8 Å². The van der Waals surface area contributed by atoms with Crippen molar-refractivity contribution in [2.45, 2.75) is 25.1 Å². The third kappa shape index (κ3) is 5.23. The van der Waals surface area contributed by atoms with Crippen LogP contribution in [-0.2, 0) is 7.05 Å². The maximum absolute atomic E-state index is 12.5. The minimum Gasteiger partial charge on any atom is -0.336 e. The highest BCUT2D eigenvalue weighted by atomic mass is 19.4. The van der Waals surface area contributed by atoms with Gasteiger partial charge in [-0.1, -0.05) is 0 Å². The molecule has 0 bridgehead atoms. The number of hydrogen-bond donors (Lipinski definition) is 2. The molecule has 1 unspecified atom stereocenters. The van der Waals surface area contributed by atoms with Crippen molar-refractivity contribution in [2.75, 3.05) is 25.0 Å². The van der Waals surface area contributed by atoms with E-state index in [9.17, 15) is 22.8 Å². The number of rotatable bonds is 4. The maximum Gasteiger partial charge on any atom is 0.401 e. The molecule has 128 valence electrons. The zero-order chi connectivity index (χ0) is 17.0. The molecule has 0 aromatic carbocycles. The van der Waals surface area contributed by atoms with E-state index >= 15 is 0 Å². The molecule has 0 saturated carbocycles. The fraction of sp³-hybridized carbons (Fsp3) is 0.615. The molecule has 2 rings (SSSR count). The molecule has 1 aliphatic rings. The van der Waals surface area contributed by atoms with E-state index in [-0.39, 0.29) is 24.0 Å². The van der Waals surface area contributed by atoms with Gasteiger partial charge < -0.3 is 9.88 Å². The number of anilines is 1. The lowest BCUT2D eigenvalue weighted by atomic mass is 10.2. The minimum atomic E-state index is -4.25. The number of likely N-dealkylation sites (tertiary alicyclic amines) is 1. The first-order valence-corrected chi connectivity index (χ1v) is 7.13. The van der Waals surface area contributed by atoms with E-state index in [1.807, 2.05) is 0 Å². The number of carbonyl (C=O) groups excluding carboxylic acids is 1. The zero-order valence-corrected chi connectivity index (χ0v) is 12.6. The lowest BCUT2D eigenvalue weighted by Gasteiger charge is -2.25. The van der Waals surface area contributed by atoms with Crippen molar-refractivity contribution in [1.29, 1.82) is 0 Å². The summed E-state index contributed by atoms with van der Waals surface area (Å²) in [5.41, 5.74) is -0.331. The molecule has 2 N–H and O–H groups in total. The van der Waals surface area contributed by atoms with Gasteiger partial charge in [-0.05, 0) is 19.4 Å². The molecule has 1 atom stereocenters. The second kappa shape index (κ2) is 6.99. The number of urea groups is 1. The number of halogens is 3. The average molecular weight is 333 g/mol. The monoisotopic (exact) mass is 333 g/mol. The standard InChI is InChI=1S/C13H18F3N5O2/c1-20-8-18-10(5-11(20)22)19-12(23)17-6-9-3-2-4-21(9)7-13(14,15)16/h5,8-9H,2-4,6-7H2,1H3,(H2,17,19,23). The van der Waals surface area contributed by atoms with Crippen molar-refractivity contribution in [1.82, 2.24) is 19.8 Å². The first kappa shape index (κ1) is 17.3. The van der Waals surface area contributed by atoms with Crippen LogP contribution in [0.5, 0.6) is 0 Å². The van der Waals surface area contributed by atoms with Crippen LogP contribution in [0.1, 0.15) is 12.8 Å². The highest BCUT2D eigenvalue weighted by Crippen LogP contribution is 2.23. The smallest absolute Gasteiger partial charge is 0.336 e. The van der Waals surface area contributed by atoms with Crippen molar-refractivity contribution in [3.8, 4) is 0 Å². The van der Waals surface area contributed by atoms with E-state index in [4.69, 9.17) is 0 Å². The normalized spacial score (nSPS) is 18.9. The van der Waals surface area contributed by atoms with Gasteiger partial charge in [-0.25, -0.2) is 9.78 Å². The molecular formula is C13H18F3N5O2. The molecule has 1 aromatic rings. The number of alkyl halides is 3. The Labute approximate surface area is 130 Å². The van der Waals surface area contributed by atoms with Crippen molar-refractivity contribution < 1.29 is 18.0 Å². The topological polar surface area (TPSA) is 79.3 Å². The summed E-state index contributed by atoms with van der Waals surface area (Å²) in [5.74, 6) is 0.0872. The third-order valence-electron chi connectivity index (χ3n) is 3.60.